The molecule has 0 aliphatic carbocycles. The van der Waals surface area contributed by atoms with Crippen molar-refractivity contribution in [1.29, 1.82) is 0 Å². The molecule has 0 bridgehead atoms. The highest BCUT2D eigenvalue weighted by Crippen LogP contribution is 2.32. The molecule has 0 unspecified atom stereocenters. The van der Waals surface area contributed by atoms with E-state index in [1.54, 1.807) is 12.4 Å². The fourth-order valence-electron chi connectivity index (χ4n) is 2.01. The SMILES string of the molecule is CCCCCCCCOC1=CN2SNC=C2C=C1F. The maximum Gasteiger partial charge on any atom is 0.172 e. The number of fused-ring (bicyclic) bond motifs is 1. The Morgan fingerprint density at radius 1 is 1.26 bits per heavy atom. The van der Waals surface area contributed by atoms with Crippen LogP contribution in [-0.2, 0) is 4.74 Å². The Morgan fingerprint density at radius 3 is 2.89 bits per heavy atom. The fourth-order valence-corrected chi connectivity index (χ4v) is 2.65. The number of unbranched alkanes of at least 4 members (excludes halogenated alkanes) is 5. The molecule has 5 heteroatoms. The maximum atomic E-state index is 13.7. The van der Waals surface area contributed by atoms with Gasteiger partial charge >= 0.3 is 0 Å². The third-order valence-corrected chi connectivity index (χ3v) is 3.85. The van der Waals surface area contributed by atoms with Crippen LogP contribution in [0.5, 0.6) is 0 Å². The first-order chi connectivity index (χ1) is 9.31. The van der Waals surface area contributed by atoms with Crippen LogP contribution in [0.4, 0.5) is 4.39 Å². The van der Waals surface area contributed by atoms with Gasteiger partial charge in [-0.2, -0.15) is 0 Å². The van der Waals surface area contributed by atoms with Gasteiger partial charge in [-0.3, -0.25) is 4.31 Å². The largest absolute Gasteiger partial charge is 0.489 e. The summed E-state index contributed by atoms with van der Waals surface area (Å²) in [7, 11) is 0. The van der Waals surface area contributed by atoms with Crippen molar-refractivity contribution >= 4 is 12.1 Å². The van der Waals surface area contributed by atoms with Crippen LogP contribution >= 0.6 is 12.1 Å². The quantitative estimate of drug-likeness (QED) is 0.528. The molecule has 106 valence electrons. The third kappa shape index (κ3) is 4.20. The van der Waals surface area contributed by atoms with Gasteiger partial charge in [-0.1, -0.05) is 39.0 Å². The Morgan fingerprint density at radius 2 is 2.05 bits per heavy atom. The van der Waals surface area contributed by atoms with Crippen LogP contribution in [0.1, 0.15) is 45.4 Å². The number of hydrogen-bond donors (Lipinski definition) is 1. The van der Waals surface area contributed by atoms with Crippen molar-refractivity contribution in [2.45, 2.75) is 45.4 Å². The van der Waals surface area contributed by atoms with Gasteiger partial charge in [-0.05, 0) is 6.42 Å². The molecule has 2 aliphatic heterocycles. The molecule has 0 radical (unpaired) electrons. The smallest absolute Gasteiger partial charge is 0.172 e. The first-order valence-corrected chi connectivity index (χ1v) is 7.72. The predicted molar refractivity (Wildman–Crippen MR) is 77.3 cm³/mol. The molecule has 0 atom stereocenters. The van der Waals surface area contributed by atoms with Gasteiger partial charge in [0.15, 0.2) is 11.6 Å². The lowest BCUT2D eigenvalue weighted by Gasteiger charge is -2.19. The Hall–Kier alpha value is -1.10. The number of rotatable bonds is 8. The lowest BCUT2D eigenvalue weighted by atomic mass is 10.1. The predicted octanol–water partition coefficient (Wildman–Crippen LogP) is 4.38. The van der Waals surface area contributed by atoms with Crippen molar-refractivity contribution in [3.8, 4) is 0 Å². The van der Waals surface area contributed by atoms with Gasteiger partial charge in [0.2, 0.25) is 0 Å². The Balaban J connectivity index is 1.66. The minimum Gasteiger partial charge on any atom is -0.489 e. The van der Waals surface area contributed by atoms with Gasteiger partial charge in [0.25, 0.3) is 0 Å². The summed E-state index contributed by atoms with van der Waals surface area (Å²) in [4.78, 5) is 0. The normalized spacial score (nSPS) is 17.4. The van der Waals surface area contributed by atoms with E-state index in [0.29, 0.717) is 12.4 Å². The number of nitrogens with zero attached hydrogens (tertiary/aromatic N) is 1. The number of ether oxygens (including phenoxy) is 1. The van der Waals surface area contributed by atoms with Gasteiger partial charge in [0.05, 0.1) is 30.6 Å². The maximum absolute atomic E-state index is 13.7. The molecule has 0 aromatic heterocycles. The minimum absolute atomic E-state index is 0.294. The van der Waals surface area contributed by atoms with Gasteiger partial charge in [-0.25, -0.2) is 4.39 Å². The van der Waals surface area contributed by atoms with E-state index in [9.17, 15) is 4.39 Å². The number of hydrogen-bond acceptors (Lipinski definition) is 4. The molecule has 2 aliphatic rings. The molecule has 1 N–H and O–H groups in total. The molecule has 0 aromatic carbocycles. The van der Waals surface area contributed by atoms with Crippen LogP contribution in [0.3, 0.4) is 0 Å². The fraction of sp³-hybridized carbons (Fsp3) is 0.571. The van der Waals surface area contributed by atoms with E-state index in [1.807, 2.05) is 4.31 Å². The van der Waals surface area contributed by atoms with Crippen molar-refractivity contribution in [3.05, 3.63) is 35.8 Å². The zero-order valence-corrected chi connectivity index (χ0v) is 12.1. The lowest BCUT2D eigenvalue weighted by Crippen LogP contribution is -2.11. The molecule has 0 aromatic rings. The molecule has 3 nitrogen and oxygen atoms in total. The second-order valence-electron chi connectivity index (χ2n) is 4.71. The Labute approximate surface area is 118 Å². The zero-order chi connectivity index (χ0) is 13.5. The summed E-state index contributed by atoms with van der Waals surface area (Å²) < 4.78 is 24.1. The Bertz CT molecular complexity index is 393. The highest BCUT2D eigenvalue weighted by Gasteiger charge is 2.22. The van der Waals surface area contributed by atoms with Crippen molar-refractivity contribution < 1.29 is 9.13 Å². The van der Waals surface area contributed by atoms with E-state index < -0.39 is 0 Å². The van der Waals surface area contributed by atoms with E-state index >= 15 is 0 Å². The summed E-state index contributed by atoms with van der Waals surface area (Å²) in [6.45, 7) is 2.80. The first-order valence-electron chi connectivity index (χ1n) is 6.95. The molecule has 0 spiro atoms. The molecule has 0 fully saturated rings. The highest BCUT2D eigenvalue weighted by atomic mass is 32.2. The van der Waals surface area contributed by atoms with E-state index in [-0.39, 0.29) is 5.83 Å². The molecule has 19 heavy (non-hydrogen) atoms. The standard InChI is InChI=1S/C14H21FN2OS/c1-2-3-4-5-6-7-8-18-14-11-17-12(9-13(14)15)10-16-19-17/h9-11,16H,2-8H2,1H3. The van der Waals surface area contributed by atoms with Crippen molar-refractivity contribution in [3.63, 3.8) is 0 Å². The second kappa shape index (κ2) is 7.48. The van der Waals surface area contributed by atoms with Crippen molar-refractivity contribution in [1.82, 2.24) is 9.03 Å². The summed E-state index contributed by atoms with van der Waals surface area (Å²) in [5.41, 5.74) is 0.814. The van der Waals surface area contributed by atoms with E-state index in [0.717, 1.165) is 18.5 Å². The number of halogens is 1. The molecule has 2 rings (SSSR count). The summed E-state index contributed by atoms with van der Waals surface area (Å²) in [6, 6.07) is 0. The topological polar surface area (TPSA) is 24.5 Å². The molecule has 2 heterocycles. The lowest BCUT2D eigenvalue weighted by molar-refractivity contribution is 0.197. The monoisotopic (exact) mass is 284 g/mol. The molecular weight excluding hydrogens is 263 g/mol. The zero-order valence-electron chi connectivity index (χ0n) is 11.3. The number of allylic oxidation sites excluding steroid dienone is 2. The molecule has 0 saturated carbocycles. The highest BCUT2D eigenvalue weighted by molar-refractivity contribution is 7.95. The van der Waals surface area contributed by atoms with Crippen LogP contribution in [0.2, 0.25) is 0 Å². The van der Waals surface area contributed by atoms with Gasteiger partial charge < -0.3 is 9.46 Å². The average molecular weight is 284 g/mol. The minimum atomic E-state index is -0.294. The van der Waals surface area contributed by atoms with Crippen molar-refractivity contribution in [2.24, 2.45) is 0 Å². The average Bonchev–Trinajstić information content (AvgIpc) is 2.84. The van der Waals surface area contributed by atoms with Crippen LogP contribution in [0, 0.1) is 0 Å². The van der Waals surface area contributed by atoms with Gasteiger partial charge in [-0.15, -0.1) is 0 Å². The molecule has 0 saturated heterocycles. The van der Waals surface area contributed by atoms with E-state index in [2.05, 4.69) is 11.6 Å². The van der Waals surface area contributed by atoms with E-state index in [1.165, 1.54) is 43.9 Å². The van der Waals surface area contributed by atoms with Gasteiger partial charge in [0.1, 0.15) is 0 Å². The van der Waals surface area contributed by atoms with Gasteiger partial charge in [0, 0.05) is 12.3 Å². The molecule has 0 amide bonds. The molecular formula is C14H21FN2OS. The third-order valence-electron chi connectivity index (χ3n) is 3.11. The first kappa shape index (κ1) is 14.3. The van der Waals surface area contributed by atoms with Crippen LogP contribution in [-0.4, -0.2) is 10.9 Å². The van der Waals surface area contributed by atoms with E-state index in [4.69, 9.17) is 4.74 Å². The summed E-state index contributed by atoms with van der Waals surface area (Å²) >= 11 is 1.41. The number of nitrogens with one attached hydrogen (secondary N) is 1. The second-order valence-corrected chi connectivity index (χ2v) is 5.52. The van der Waals surface area contributed by atoms with Crippen LogP contribution in [0.15, 0.2) is 35.8 Å². The van der Waals surface area contributed by atoms with Crippen molar-refractivity contribution in [2.75, 3.05) is 6.61 Å². The van der Waals surface area contributed by atoms with Crippen LogP contribution < -0.4 is 4.72 Å². The van der Waals surface area contributed by atoms with Crippen LogP contribution in [0.25, 0.3) is 0 Å². The Kier molecular flexibility index (Phi) is 5.63. The summed E-state index contributed by atoms with van der Waals surface area (Å²) in [5, 5.41) is 0. The summed E-state index contributed by atoms with van der Waals surface area (Å²) in [6.07, 6.45) is 12.2. The summed E-state index contributed by atoms with van der Waals surface area (Å²) in [5.74, 6) is 0.0414.